The predicted molar refractivity (Wildman–Crippen MR) is 175 cm³/mol. The van der Waals surface area contributed by atoms with Crippen LogP contribution in [-0.4, -0.2) is 84.2 Å². The summed E-state index contributed by atoms with van der Waals surface area (Å²) in [5.74, 6) is -3.22. The number of carbonyl (C=O) groups is 5. The highest BCUT2D eigenvalue weighted by atomic mass is 35.5. The van der Waals surface area contributed by atoms with E-state index in [1.165, 1.54) is 29.2 Å². The lowest BCUT2D eigenvalue weighted by Gasteiger charge is -2.30. The fourth-order valence-corrected chi connectivity index (χ4v) is 7.59. The zero-order valence-electron chi connectivity index (χ0n) is 27.3. The van der Waals surface area contributed by atoms with Gasteiger partial charge < -0.3 is 25.0 Å². The lowest BCUT2D eigenvalue weighted by Crippen LogP contribution is -2.58. The van der Waals surface area contributed by atoms with Crippen molar-refractivity contribution in [3.05, 3.63) is 47.0 Å². The quantitative estimate of drug-likeness (QED) is 0.296. The second kappa shape index (κ2) is 14.1. The van der Waals surface area contributed by atoms with Crippen LogP contribution >= 0.6 is 11.6 Å². The van der Waals surface area contributed by atoms with E-state index in [2.05, 4.69) is 15.4 Å². The SMILES string of the molecule is CC(C)(C)OC(=O)N[C@H]1CCCCC/C=C\[C@@H]2C[C@@]2(C(=O)NS(=O)(=O)C2CC2)NC(=O)[C@@H]2C[C@@H](OC(=O)c3ccc(Cl)cc3)CN2C1=O. The highest BCUT2D eigenvalue weighted by Gasteiger charge is 2.62. The minimum atomic E-state index is -3.90. The van der Waals surface area contributed by atoms with E-state index in [-0.39, 0.29) is 31.4 Å². The van der Waals surface area contributed by atoms with E-state index in [4.69, 9.17) is 21.1 Å². The van der Waals surface area contributed by atoms with Crippen LogP contribution < -0.4 is 15.4 Å². The number of rotatable bonds is 6. The molecule has 1 aromatic rings. The van der Waals surface area contributed by atoms with Crippen molar-refractivity contribution in [3.8, 4) is 0 Å². The molecule has 2 heterocycles. The second-order valence-corrected chi connectivity index (χ2v) is 16.4. The largest absolute Gasteiger partial charge is 0.457 e. The molecule has 5 atom stereocenters. The Morgan fingerprint density at radius 2 is 1.75 bits per heavy atom. The molecule has 0 radical (unpaired) electrons. The predicted octanol–water partition coefficient (Wildman–Crippen LogP) is 3.36. The van der Waals surface area contributed by atoms with Gasteiger partial charge in [0.25, 0.3) is 5.91 Å². The van der Waals surface area contributed by atoms with Gasteiger partial charge in [-0.1, -0.05) is 36.6 Å². The summed E-state index contributed by atoms with van der Waals surface area (Å²) >= 11 is 5.95. The van der Waals surface area contributed by atoms with Gasteiger partial charge >= 0.3 is 12.1 Å². The number of halogens is 1. The van der Waals surface area contributed by atoms with Crippen LogP contribution in [0.25, 0.3) is 0 Å². The molecule has 1 aromatic carbocycles. The Kier molecular flexibility index (Phi) is 10.4. The number of amides is 4. The molecule has 48 heavy (non-hydrogen) atoms. The number of hydrogen-bond donors (Lipinski definition) is 3. The maximum Gasteiger partial charge on any atom is 0.408 e. The van der Waals surface area contributed by atoms with Gasteiger partial charge in [0.05, 0.1) is 17.4 Å². The van der Waals surface area contributed by atoms with Crippen LogP contribution in [0.4, 0.5) is 4.79 Å². The molecule has 2 aliphatic carbocycles. The van der Waals surface area contributed by atoms with Crippen LogP contribution in [-0.2, 0) is 33.9 Å². The third kappa shape index (κ3) is 8.68. The summed E-state index contributed by atoms with van der Waals surface area (Å²) in [6, 6.07) is 3.83. The summed E-state index contributed by atoms with van der Waals surface area (Å²) in [4.78, 5) is 68.8. The van der Waals surface area contributed by atoms with Gasteiger partial charge in [0.2, 0.25) is 21.8 Å². The molecule has 4 aliphatic rings. The Morgan fingerprint density at radius 1 is 1.04 bits per heavy atom. The number of benzene rings is 1. The molecule has 0 bridgehead atoms. The van der Waals surface area contributed by atoms with Crippen LogP contribution in [0.2, 0.25) is 5.02 Å². The number of hydrogen-bond acceptors (Lipinski definition) is 9. The van der Waals surface area contributed by atoms with Crippen LogP contribution in [0, 0.1) is 5.92 Å². The number of allylic oxidation sites excluding steroid dienone is 1. The van der Waals surface area contributed by atoms with Crippen molar-refractivity contribution in [2.45, 2.75) is 113 Å². The van der Waals surface area contributed by atoms with Gasteiger partial charge in [0, 0.05) is 17.4 Å². The van der Waals surface area contributed by atoms with Crippen molar-refractivity contribution < 1.29 is 41.9 Å². The molecule has 2 aliphatic heterocycles. The number of sulfonamides is 1. The van der Waals surface area contributed by atoms with Crippen LogP contribution in [0.1, 0.15) is 88.9 Å². The molecule has 1 saturated heterocycles. The van der Waals surface area contributed by atoms with Gasteiger partial charge in [-0.05, 0) is 83.6 Å². The van der Waals surface area contributed by atoms with E-state index >= 15 is 0 Å². The van der Waals surface area contributed by atoms with E-state index in [0.29, 0.717) is 30.7 Å². The Bertz CT molecular complexity index is 1570. The molecule has 4 amide bonds. The Hall–Kier alpha value is -3.65. The van der Waals surface area contributed by atoms with E-state index in [9.17, 15) is 32.4 Å². The van der Waals surface area contributed by atoms with Gasteiger partial charge in [0.1, 0.15) is 29.3 Å². The third-order valence-electron chi connectivity index (χ3n) is 8.89. The standard InChI is InChI=1S/C33H43ClN4O9S/c1-32(2,3)47-31(43)35-25-10-8-6-4-5-7-9-21-18-33(21,30(42)37-48(44,45)24-15-16-24)36-27(39)26-17-23(19-38(26)28(25)40)46-29(41)20-11-13-22(34)14-12-20/h7,9,11-14,21,23-26H,4-6,8,10,15-19H2,1-3H3,(H,35,43)(H,36,39)(H,37,42)/b9-7-/t21-,23-,25+,26+,33-/m1/s1. The molecule has 2 saturated carbocycles. The van der Waals surface area contributed by atoms with Crippen LogP contribution in [0.5, 0.6) is 0 Å². The summed E-state index contributed by atoms with van der Waals surface area (Å²) in [7, 11) is -3.90. The Labute approximate surface area is 285 Å². The first-order chi connectivity index (χ1) is 22.6. The number of nitrogens with one attached hydrogen (secondary N) is 3. The molecule has 0 spiro atoms. The number of esters is 1. The molecule has 3 N–H and O–H groups in total. The molecule has 5 rings (SSSR count). The summed E-state index contributed by atoms with van der Waals surface area (Å²) < 4.78 is 38.7. The number of nitrogens with zero attached hydrogens (tertiary/aromatic N) is 1. The average molecular weight is 707 g/mol. The first-order valence-electron chi connectivity index (χ1n) is 16.4. The second-order valence-electron chi connectivity index (χ2n) is 14.0. The first-order valence-corrected chi connectivity index (χ1v) is 18.3. The van der Waals surface area contributed by atoms with Gasteiger partial charge in [-0.15, -0.1) is 0 Å². The first kappa shape index (κ1) is 35.7. The van der Waals surface area contributed by atoms with Gasteiger partial charge in [0.15, 0.2) is 0 Å². The van der Waals surface area contributed by atoms with Gasteiger partial charge in [-0.3, -0.25) is 19.1 Å². The topological polar surface area (TPSA) is 177 Å². The van der Waals surface area contributed by atoms with E-state index in [1.54, 1.807) is 20.8 Å². The molecular weight excluding hydrogens is 664 g/mol. The highest BCUT2D eigenvalue weighted by Crippen LogP contribution is 2.46. The van der Waals surface area contributed by atoms with Crippen molar-refractivity contribution in [1.29, 1.82) is 0 Å². The summed E-state index contributed by atoms with van der Waals surface area (Å²) in [5, 5.41) is 5.24. The number of ether oxygens (including phenoxy) is 2. The molecule has 0 unspecified atom stereocenters. The van der Waals surface area contributed by atoms with Crippen molar-refractivity contribution in [2.24, 2.45) is 5.92 Å². The molecule has 13 nitrogen and oxygen atoms in total. The summed E-state index contributed by atoms with van der Waals surface area (Å²) in [5.41, 5.74) is -2.13. The van der Waals surface area contributed by atoms with Crippen molar-refractivity contribution in [1.82, 2.24) is 20.3 Å². The van der Waals surface area contributed by atoms with Crippen molar-refractivity contribution >= 4 is 51.4 Å². The van der Waals surface area contributed by atoms with E-state index in [0.717, 1.165) is 12.8 Å². The average Bonchev–Trinajstić information content (AvgIpc) is 3.92. The maximum atomic E-state index is 14.2. The smallest absolute Gasteiger partial charge is 0.408 e. The molecule has 3 fully saturated rings. The van der Waals surface area contributed by atoms with Gasteiger partial charge in [-0.25, -0.2) is 18.0 Å². The lowest BCUT2D eigenvalue weighted by atomic mass is 10.0. The molecule has 15 heteroatoms. The highest BCUT2D eigenvalue weighted by molar-refractivity contribution is 7.91. The normalized spacial score (nSPS) is 28.8. The van der Waals surface area contributed by atoms with Crippen molar-refractivity contribution in [2.75, 3.05) is 6.54 Å². The summed E-state index contributed by atoms with van der Waals surface area (Å²) in [6.07, 6.45) is 6.10. The molecule has 0 aromatic heterocycles. The minimum absolute atomic E-state index is 0.0887. The monoisotopic (exact) mass is 706 g/mol. The fourth-order valence-electron chi connectivity index (χ4n) is 6.10. The van der Waals surface area contributed by atoms with Crippen LogP contribution in [0.3, 0.4) is 0 Å². The van der Waals surface area contributed by atoms with Crippen LogP contribution in [0.15, 0.2) is 36.4 Å². The Balaban J connectivity index is 1.42. The number of carbonyl (C=O) groups excluding carboxylic acids is 5. The number of alkyl carbamates (subject to hydrolysis) is 1. The molecule has 262 valence electrons. The summed E-state index contributed by atoms with van der Waals surface area (Å²) in [6.45, 7) is 4.95. The molecular formula is C33H43ClN4O9S. The van der Waals surface area contributed by atoms with Gasteiger partial charge in [-0.2, -0.15) is 0 Å². The van der Waals surface area contributed by atoms with Crippen molar-refractivity contribution in [3.63, 3.8) is 0 Å². The zero-order valence-corrected chi connectivity index (χ0v) is 28.9. The third-order valence-corrected chi connectivity index (χ3v) is 11.0. The Morgan fingerprint density at radius 3 is 2.42 bits per heavy atom. The zero-order chi connectivity index (χ0) is 34.9. The maximum absolute atomic E-state index is 14.2. The number of fused-ring (bicyclic) bond motifs is 2. The van der Waals surface area contributed by atoms with E-state index in [1.807, 2.05) is 12.2 Å². The fraction of sp³-hybridized carbons (Fsp3) is 0.606. The lowest BCUT2D eigenvalue weighted by molar-refractivity contribution is -0.141. The minimum Gasteiger partial charge on any atom is -0.457 e. The van der Waals surface area contributed by atoms with E-state index < -0.39 is 80.3 Å².